The second kappa shape index (κ2) is 5.82. The number of thiazole rings is 1. The van der Waals surface area contributed by atoms with Gasteiger partial charge in [-0.25, -0.2) is 4.98 Å². The second-order valence-corrected chi connectivity index (χ2v) is 5.88. The van der Waals surface area contributed by atoms with Crippen molar-refractivity contribution in [1.29, 1.82) is 0 Å². The molecule has 3 nitrogen and oxygen atoms in total. The van der Waals surface area contributed by atoms with Crippen LogP contribution in [0, 0.1) is 0 Å². The molecule has 0 spiro atoms. The first-order chi connectivity index (χ1) is 9.35. The van der Waals surface area contributed by atoms with Gasteiger partial charge in [0, 0.05) is 36.6 Å². The van der Waals surface area contributed by atoms with Crippen LogP contribution in [0.3, 0.4) is 0 Å². The van der Waals surface area contributed by atoms with Gasteiger partial charge in [-0.1, -0.05) is 30.3 Å². The summed E-state index contributed by atoms with van der Waals surface area (Å²) in [5, 5.41) is 6.67. The molecular weight excluding hydrogens is 254 g/mol. The Morgan fingerprint density at radius 2 is 2.21 bits per heavy atom. The maximum atomic E-state index is 4.75. The van der Waals surface area contributed by atoms with Crippen molar-refractivity contribution in [2.75, 3.05) is 20.1 Å². The maximum Gasteiger partial charge on any atom is 0.123 e. The number of nitrogens with zero attached hydrogens (tertiary/aromatic N) is 2. The average molecular weight is 273 g/mol. The number of rotatable bonds is 4. The highest BCUT2D eigenvalue weighted by Crippen LogP contribution is 2.24. The van der Waals surface area contributed by atoms with Gasteiger partial charge in [0.2, 0.25) is 0 Å². The summed E-state index contributed by atoms with van der Waals surface area (Å²) < 4.78 is 0. The molecule has 2 aromatic rings. The molecule has 1 saturated heterocycles. The average Bonchev–Trinajstić information content (AvgIpc) is 3.09. The number of hydrogen-bond donors (Lipinski definition) is 1. The van der Waals surface area contributed by atoms with E-state index in [4.69, 9.17) is 4.98 Å². The standard InChI is InChI=1S/C15H19N3S/c1-16-13-7-8-18(9-13)10-14-11-19-15(17-14)12-5-3-2-4-6-12/h2-6,11,13,16H,7-10H2,1H3. The van der Waals surface area contributed by atoms with Crippen LogP contribution in [-0.2, 0) is 6.54 Å². The van der Waals surface area contributed by atoms with Gasteiger partial charge >= 0.3 is 0 Å². The van der Waals surface area contributed by atoms with Crippen LogP contribution >= 0.6 is 11.3 Å². The molecule has 1 fully saturated rings. The highest BCUT2D eigenvalue weighted by atomic mass is 32.1. The van der Waals surface area contributed by atoms with E-state index in [1.54, 1.807) is 11.3 Å². The molecule has 3 rings (SSSR count). The summed E-state index contributed by atoms with van der Waals surface area (Å²) in [5.74, 6) is 0. The van der Waals surface area contributed by atoms with Crippen LogP contribution in [0.15, 0.2) is 35.7 Å². The van der Waals surface area contributed by atoms with Gasteiger partial charge < -0.3 is 5.32 Å². The Labute approximate surface area is 118 Å². The Kier molecular flexibility index (Phi) is 3.92. The molecule has 0 saturated carbocycles. The van der Waals surface area contributed by atoms with Crippen molar-refractivity contribution in [1.82, 2.24) is 15.2 Å². The second-order valence-electron chi connectivity index (χ2n) is 5.02. The van der Waals surface area contributed by atoms with Gasteiger partial charge in [0.25, 0.3) is 0 Å². The number of hydrogen-bond acceptors (Lipinski definition) is 4. The summed E-state index contributed by atoms with van der Waals surface area (Å²) in [6.45, 7) is 3.28. The van der Waals surface area contributed by atoms with Gasteiger partial charge in [-0.15, -0.1) is 11.3 Å². The van der Waals surface area contributed by atoms with Crippen molar-refractivity contribution < 1.29 is 0 Å². The normalized spacial score (nSPS) is 19.9. The lowest BCUT2D eigenvalue weighted by Crippen LogP contribution is -2.29. The zero-order chi connectivity index (χ0) is 13.1. The van der Waals surface area contributed by atoms with Gasteiger partial charge in [0.15, 0.2) is 0 Å². The van der Waals surface area contributed by atoms with Crippen LogP contribution in [0.1, 0.15) is 12.1 Å². The fraction of sp³-hybridized carbons (Fsp3) is 0.400. The first-order valence-corrected chi connectivity index (χ1v) is 7.62. The Morgan fingerprint density at radius 1 is 1.37 bits per heavy atom. The summed E-state index contributed by atoms with van der Waals surface area (Å²) in [4.78, 5) is 7.23. The van der Waals surface area contributed by atoms with Gasteiger partial charge in [0.05, 0.1) is 5.69 Å². The summed E-state index contributed by atoms with van der Waals surface area (Å²) in [6.07, 6.45) is 1.24. The first-order valence-electron chi connectivity index (χ1n) is 6.74. The molecule has 0 aliphatic carbocycles. The molecule has 1 unspecified atom stereocenters. The summed E-state index contributed by atoms with van der Waals surface area (Å²) in [5.41, 5.74) is 2.41. The number of nitrogens with one attached hydrogen (secondary N) is 1. The molecule has 100 valence electrons. The molecule has 19 heavy (non-hydrogen) atoms. The fourth-order valence-electron chi connectivity index (χ4n) is 2.53. The summed E-state index contributed by atoms with van der Waals surface area (Å²) in [6, 6.07) is 11.1. The van der Waals surface area contributed by atoms with E-state index < -0.39 is 0 Å². The Hall–Kier alpha value is -1.23. The number of likely N-dealkylation sites (N-methyl/N-ethyl adjacent to an activating group) is 1. The van der Waals surface area contributed by atoms with Gasteiger partial charge in [0.1, 0.15) is 5.01 Å². The van der Waals surface area contributed by atoms with E-state index in [-0.39, 0.29) is 0 Å². The highest BCUT2D eigenvalue weighted by molar-refractivity contribution is 7.13. The number of benzene rings is 1. The van der Waals surface area contributed by atoms with Gasteiger partial charge in [-0.05, 0) is 13.5 Å². The third-order valence-electron chi connectivity index (χ3n) is 3.64. The van der Waals surface area contributed by atoms with E-state index in [9.17, 15) is 0 Å². The van der Waals surface area contributed by atoms with Crippen LogP contribution in [0.2, 0.25) is 0 Å². The van der Waals surface area contributed by atoms with Crippen LogP contribution in [0.5, 0.6) is 0 Å². The predicted octanol–water partition coefficient (Wildman–Crippen LogP) is 2.60. The van der Waals surface area contributed by atoms with Crippen LogP contribution < -0.4 is 5.32 Å². The van der Waals surface area contributed by atoms with E-state index in [1.807, 2.05) is 13.1 Å². The zero-order valence-corrected chi connectivity index (χ0v) is 12.0. The molecule has 0 amide bonds. The Morgan fingerprint density at radius 3 is 2.95 bits per heavy atom. The lowest BCUT2D eigenvalue weighted by molar-refractivity contribution is 0.319. The third kappa shape index (κ3) is 3.03. The van der Waals surface area contributed by atoms with E-state index in [0.717, 1.165) is 18.1 Å². The number of aromatic nitrogens is 1. The molecule has 4 heteroatoms. The minimum Gasteiger partial charge on any atom is -0.316 e. The van der Waals surface area contributed by atoms with Crippen molar-refractivity contribution in [2.24, 2.45) is 0 Å². The topological polar surface area (TPSA) is 28.2 Å². The van der Waals surface area contributed by atoms with Crippen LogP contribution in [0.25, 0.3) is 10.6 Å². The smallest absolute Gasteiger partial charge is 0.123 e. The lowest BCUT2D eigenvalue weighted by Gasteiger charge is -2.13. The van der Waals surface area contributed by atoms with Crippen molar-refractivity contribution in [3.63, 3.8) is 0 Å². The molecule has 1 atom stereocenters. The van der Waals surface area contributed by atoms with Gasteiger partial charge in [-0.3, -0.25) is 4.90 Å². The molecule has 1 aromatic carbocycles. The fourth-order valence-corrected chi connectivity index (χ4v) is 3.35. The van der Waals surface area contributed by atoms with Crippen molar-refractivity contribution in [2.45, 2.75) is 19.0 Å². The van der Waals surface area contributed by atoms with Crippen molar-refractivity contribution in [3.8, 4) is 10.6 Å². The monoisotopic (exact) mass is 273 g/mol. The largest absolute Gasteiger partial charge is 0.316 e. The van der Waals surface area contributed by atoms with E-state index >= 15 is 0 Å². The molecular formula is C15H19N3S. The van der Waals surface area contributed by atoms with E-state index in [1.165, 1.54) is 24.2 Å². The van der Waals surface area contributed by atoms with Gasteiger partial charge in [-0.2, -0.15) is 0 Å². The molecule has 0 bridgehead atoms. The van der Waals surface area contributed by atoms with E-state index in [0.29, 0.717) is 6.04 Å². The first kappa shape index (κ1) is 12.8. The van der Waals surface area contributed by atoms with Crippen molar-refractivity contribution >= 4 is 11.3 Å². The molecule has 1 N–H and O–H groups in total. The lowest BCUT2D eigenvalue weighted by atomic mass is 10.2. The van der Waals surface area contributed by atoms with Crippen LogP contribution in [-0.4, -0.2) is 36.1 Å². The van der Waals surface area contributed by atoms with Crippen molar-refractivity contribution in [3.05, 3.63) is 41.4 Å². The number of likely N-dealkylation sites (tertiary alicyclic amines) is 1. The minimum absolute atomic E-state index is 0.646. The SMILES string of the molecule is CNC1CCN(Cc2csc(-c3ccccc3)n2)C1. The zero-order valence-electron chi connectivity index (χ0n) is 11.2. The third-order valence-corrected chi connectivity index (χ3v) is 4.58. The highest BCUT2D eigenvalue weighted by Gasteiger charge is 2.21. The Bertz CT molecular complexity index is 523. The maximum absolute atomic E-state index is 4.75. The predicted molar refractivity (Wildman–Crippen MR) is 80.3 cm³/mol. The van der Waals surface area contributed by atoms with Crippen LogP contribution in [0.4, 0.5) is 0 Å². The molecule has 1 aromatic heterocycles. The molecule has 0 radical (unpaired) electrons. The summed E-state index contributed by atoms with van der Waals surface area (Å²) in [7, 11) is 2.05. The molecule has 2 heterocycles. The minimum atomic E-state index is 0.646. The summed E-state index contributed by atoms with van der Waals surface area (Å²) >= 11 is 1.74. The quantitative estimate of drug-likeness (QED) is 0.928. The Balaban J connectivity index is 1.66. The molecule has 1 aliphatic heterocycles. The van der Waals surface area contributed by atoms with E-state index in [2.05, 4.69) is 39.9 Å². The molecule has 1 aliphatic rings.